The molecule has 1 amide bonds. The first kappa shape index (κ1) is 27.8. The van der Waals surface area contributed by atoms with Gasteiger partial charge in [0, 0.05) is 5.02 Å². The van der Waals surface area contributed by atoms with Crippen LogP contribution in [-0.2, 0) is 14.8 Å². The Morgan fingerprint density at radius 2 is 1.74 bits per heavy atom. The van der Waals surface area contributed by atoms with Crippen molar-refractivity contribution in [3.63, 3.8) is 0 Å². The summed E-state index contributed by atoms with van der Waals surface area (Å²) in [6.07, 6.45) is -1.06. The fourth-order valence-corrected chi connectivity index (χ4v) is 6.25. The van der Waals surface area contributed by atoms with Gasteiger partial charge in [-0.2, -0.15) is 0 Å². The lowest BCUT2D eigenvalue weighted by atomic mass is 9.93. The summed E-state index contributed by atoms with van der Waals surface area (Å²) < 4.78 is 40.1. The normalized spacial score (nSPS) is 16.0. The predicted octanol–water partition coefficient (Wildman–Crippen LogP) is 5.92. The molecule has 7 nitrogen and oxygen atoms in total. The average Bonchev–Trinajstić information content (AvgIpc) is 2.87. The second-order valence-corrected chi connectivity index (χ2v) is 12.2. The van der Waals surface area contributed by atoms with Crippen LogP contribution in [0.5, 0.6) is 11.5 Å². The third kappa shape index (κ3) is 5.47. The van der Waals surface area contributed by atoms with Gasteiger partial charge in [-0.1, -0.05) is 43.1 Å². The standard InChI is InChI=1S/C29H33ClN2O5S/c1-17(2)23-15-24(19(4)13-27(23)36-6)20(5)31-29(33)28-16-32(25-14-21(30)9-12-26(25)37-28)38(34,35)22-10-7-18(3)8-11-22/h7-15,17,20,28H,16H2,1-6H3,(H,31,33). The minimum atomic E-state index is -3.98. The van der Waals surface area contributed by atoms with Crippen LogP contribution in [0.4, 0.5) is 5.69 Å². The third-order valence-electron chi connectivity index (χ3n) is 6.76. The van der Waals surface area contributed by atoms with Gasteiger partial charge in [-0.3, -0.25) is 9.10 Å². The Morgan fingerprint density at radius 3 is 2.37 bits per heavy atom. The summed E-state index contributed by atoms with van der Waals surface area (Å²) in [6, 6.07) is 15.0. The van der Waals surface area contributed by atoms with Crippen molar-refractivity contribution in [1.29, 1.82) is 0 Å². The van der Waals surface area contributed by atoms with Crippen molar-refractivity contribution in [2.24, 2.45) is 0 Å². The van der Waals surface area contributed by atoms with E-state index in [4.69, 9.17) is 21.1 Å². The molecule has 0 fully saturated rings. The van der Waals surface area contributed by atoms with Crippen LogP contribution in [-0.4, -0.2) is 34.1 Å². The van der Waals surface area contributed by atoms with Crippen molar-refractivity contribution in [2.45, 2.75) is 57.6 Å². The van der Waals surface area contributed by atoms with Gasteiger partial charge in [0.1, 0.15) is 11.5 Å². The molecular formula is C29H33ClN2O5S. The van der Waals surface area contributed by atoms with Crippen molar-refractivity contribution in [2.75, 3.05) is 18.0 Å². The molecule has 1 aliphatic heterocycles. The van der Waals surface area contributed by atoms with Crippen LogP contribution in [0.1, 0.15) is 55.0 Å². The van der Waals surface area contributed by atoms with Gasteiger partial charge < -0.3 is 14.8 Å². The maximum Gasteiger partial charge on any atom is 0.264 e. The number of anilines is 1. The number of aryl methyl sites for hydroxylation is 2. The van der Waals surface area contributed by atoms with E-state index >= 15 is 0 Å². The van der Waals surface area contributed by atoms with Gasteiger partial charge in [0.15, 0.2) is 6.10 Å². The number of carbonyl (C=O) groups excluding carboxylic acids is 1. The number of nitrogens with one attached hydrogen (secondary N) is 1. The summed E-state index contributed by atoms with van der Waals surface area (Å²) in [5, 5.41) is 3.38. The summed E-state index contributed by atoms with van der Waals surface area (Å²) >= 11 is 6.20. The van der Waals surface area contributed by atoms with Gasteiger partial charge in [0.05, 0.1) is 30.3 Å². The average molecular weight is 557 g/mol. The topological polar surface area (TPSA) is 84.9 Å². The number of rotatable bonds is 7. The number of sulfonamides is 1. The maximum atomic E-state index is 13.7. The fourth-order valence-electron chi connectivity index (χ4n) is 4.62. The molecule has 38 heavy (non-hydrogen) atoms. The van der Waals surface area contributed by atoms with Crippen molar-refractivity contribution in [1.82, 2.24) is 5.32 Å². The van der Waals surface area contributed by atoms with E-state index in [9.17, 15) is 13.2 Å². The van der Waals surface area contributed by atoms with Gasteiger partial charge in [0.2, 0.25) is 0 Å². The molecule has 1 heterocycles. The lowest BCUT2D eigenvalue weighted by Gasteiger charge is -2.35. The number of carbonyl (C=O) groups is 1. The molecule has 0 spiro atoms. The van der Waals surface area contributed by atoms with E-state index in [1.54, 1.807) is 43.5 Å². The van der Waals surface area contributed by atoms with Gasteiger partial charge in [-0.25, -0.2) is 8.42 Å². The Hall–Kier alpha value is -3.23. The molecule has 2 unspecified atom stereocenters. The zero-order valence-electron chi connectivity index (χ0n) is 22.4. The van der Waals surface area contributed by atoms with E-state index in [2.05, 4.69) is 25.2 Å². The molecule has 0 saturated carbocycles. The van der Waals surface area contributed by atoms with Crippen molar-refractivity contribution in [3.8, 4) is 11.5 Å². The van der Waals surface area contributed by atoms with Crippen LogP contribution in [0.3, 0.4) is 0 Å². The number of hydrogen-bond acceptors (Lipinski definition) is 5. The number of hydrogen-bond donors (Lipinski definition) is 1. The molecule has 0 aromatic heterocycles. The first-order chi connectivity index (χ1) is 17.9. The summed E-state index contributed by atoms with van der Waals surface area (Å²) in [5.74, 6) is 0.899. The Labute approximate surface area is 229 Å². The summed E-state index contributed by atoms with van der Waals surface area (Å²) in [7, 11) is -2.34. The molecule has 0 bridgehead atoms. The first-order valence-electron chi connectivity index (χ1n) is 12.5. The SMILES string of the molecule is COc1cc(C)c(C(C)NC(=O)C2CN(S(=O)(=O)c3ccc(C)cc3)c3cc(Cl)ccc3O2)cc1C(C)C. The van der Waals surface area contributed by atoms with Crippen LogP contribution in [0.25, 0.3) is 0 Å². The Morgan fingerprint density at radius 1 is 1.05 bits per heavy atom. The van der Waals surface area contributed by atoms with E-state index in [0.29, 0.717) is 10.7 Å². The quantitative estimate of drug-likeness (QED) is 0.390. The Bertz CT molecular complexity index is 1450. The number of amides is 1. The number of methoxy groups -OCH3 is 1. The number of nitrogens with zero attached hydrogens (tertiary/aromatic N) is 1. The van der Waals surface area contributed by atoms with E-state index in [1.165, 1.54) is 10.4 Å². The highest BCUT2D eigenvalue weighted by molar-refractivity contribution is 7.92. The molecule has 0 aliphatic carbocycles. The lowest BCUT2D eigenvalue weighted by Crippen LogP contribution is -2.51. The summed E-state index contributed by atoms with van der Waals surface area (Å²) in [6.45, 7) is 9.73. The highest BCUT2D eigenvalue weighted by Crippen LogP contribution is 2.39. The smallest absolute Gasteiger partial charge is 0.264 e. The van der Waals surface area contributed by atoms with Crippen LogP contribution in [0.2, 0.25) is 5.02 Å². The predicted molar refractivity (Wildman–Crippen MR) is 150 cm³/mol. The number of fused-ring (bicyclic) bond motifs is 1. The van der Waals surface area contributed by atoms with E-state index in [0.717, 1.165) is 28.0 Å². The van der Waals surface area contributed by atoms with Gasteiger partial charge in [-0.05, 0) is 85.8 Å². The monoisotopic (exact) mass is 556 g/mol. The maximum absolute atomic E-state index is 13.7. The molecule has 0 radical (unpaired) electrons. The molecule has 0 saturated heterocycles. The number of halogens is 1. The Balaban J connectivity index is 1.64. The minimum Gasteiger partial charge on any atom is -0.496 e. The van der Waals surface area contributed by atoms with Crippen LogP contribution in [0, 0.1) is 13.8 Å². The molecule has 1 N–H and O–H groups in total. The highest BCUT2D eigenvalue weighted by Gasteiger charge is 2.38. The first-order valence-corrected chi connectivity index (χ1v) is 14.3. The minimum absolute atomic E-state index is 0.124. The van der Waals surface area contributed by atoms with Crippen molar-refractivity contribution in [3.05, 3.63) is 81.9 Å². The molecule has 4 rings (SSSR count). The van der Waals surface area contributed by atoms with Gasteiger partial charge >= 0.3 is 0 Å². The zero-order chi connectivity index (χ0) is 27.8. The largest absolute Gasteiger partial charge is 0.496 e. The molecule has 2 atom stereocenters. The summed E-state index contributed by atoms with van der Waals surface area (Å²) in [4.78, 5) is 13.6. The lowest BCUT2D eigenvalue weighted by molar-refractivity contribution is -0.128. The molecule has 1 aliphatic rings. The van der Waals surface area contributed by atoms with Crippen molar-refractivity contribution >= 4 is 33.2 Å². The number of benzene rings is 3. The molecule has 3 aromatic carbocycles. The molecule has 3 aromatic rings. The second kappa shape index (κ2) is 10.9. The molecular weight excluding hydrogens is 524 g/mol. The van der Waals surface area contributed by atoms with Crippen LogP contribution >= 0.6 is 11.6 Å². The van der Waals surface area contributed by atoms with Gasteiger partial charge in [-0.15, -0.1) is 0 Å². The highest BCUT2D eigenvalue weighted by atomic mass is 35.5. The second-order valence-electron chi connectivity index (χ2n) is 9.90. The molecule has 202 valence electrons. The van der Waals surface area contributed by atoms with Crippen molar-refractivity contribution < 1.29 is 22.7 Å². The van der Waals surface area contributed by atoms with E-state index in [-0.39, 0.29) is 29.1 Å². The van der Waals surface area contributed by atoms with Crippen LogP contribution in [0.15, 0.2) is 59.5 Å². The summed E-state index contributed by atoms with van der Waals surface area (Å²) in [5.41, 5.74) is 4.21. The third-order valence-corrected chi connectivity index (χ3v) is 8.79. The zero-order valence-corrected chi connectivity index (χ0v) is 24.0. The molecule has 9 heteroatoms. The van der Waals surface area contributed by atoms with Gasteiger partial charge in [0.25, 0.3) is 15.9 Å². The van der Waals surface area contributed by atoms with Crippen LogP contribution < -0.4 is 19.1 Å². The van der Waals surface area contributed by atoms with E-state index in [1.807, 2.05) is 26.8 Å². The van der Waals surface area contributed by atoms with E-state index < -0.39 is 22.0 Å². The fraction of sp³-hybridized carbons (Fsp3) is 0.345. The Kier molecular flexibility index (Phi) is 7.95. The number of ether oxygens (including phenoxy) is 2.